The van der Waals surface area contributed by atoms with E-state index in [0.29, 0.717) is 4.88 Å². The largest absolute Gasteiger partial charge is 0.480 e. The highest BCUT2D eigenvalue weighted by molar-refractivity contribution is 7.98. The first-order valence-electron chi connectivity index (χ1n) is 5.95. The first-order chi connectivity index (χ1) is 9.11. The van der Waals surface area contributed by atoms with E-state index >= 15 is 0 Å². The Morgan fingerprint density at radius 2 is 2.26 bits per heavy atom. The fourth-order valence-electron chi connectivity index (χ4n) is 1.87. The summed E-state index contributed by atoms with van der Waals surface area (Å²) in [5, 5.41) is 20.2. The Morgan fingerprint density at radius 1 is 1.47 bits per heavy atom. The number of thiophene rings is 1. The molecule has 0 fully saturated rings. The molecule has 1 amide bonds. The Hall–Kier alpha value is -1.05. The number of aliphatic hydroxyl groups is 1. The standard InChI is InChI=1S/C12H15NO4S2/c14-3-1-8(12(16)17)13-11(15)10-5-7-6-18-4-2-9(7)19-10/h5,8,14H,1-4,6H2,(H,13,15)(H,16,17). The number of thioether (sulfide) groups is 1. The van der Waals surface area contributed by atoms with Crippen molar-refractivity contribution in [2.24, 2.45) is 0 Å². The molecule has 2 heterocycles. The fourth-order valence-corrected chi connectivity index (χ4v) is 4.15. The first-order valence-corrected chi connectivity index (χ1v) is 7.92. The van der Waals surface area contributed by atoms with Gasteiger partial charge in [-0.05, 0) is 23.8 Å². The lowest BCUT2D eigenvalue weighted by molar-refractivity contribution is -0.139. The van der Waals surface area contributed by atoms with Crippen molar-refractivity contribution in [1.29, 1.82) is 0 Å². The van der Waals surface area contributed by atoms with E-state index in [2.05, 4.69) is 5.32 Å². The zero-order valence-corrected chi connectivity index (χ0v) is 11.9. The minimum absolute atomic E-state index is 0.0159. The summed E-state index contributed by atoms with van der Waals surface area (Å²) in [6, 6.07) is 0.810. The molecule has 5 nitrogen and oxygen atoms in total. The maximum absolute atomic E-state index is 12.0. The van der Waals surface area contributed by atoms with Gasteiger partial charge in [0, 0.05) is 23.7 Å². The van der Waals surface area contributed by atoms with Crippen molar-refractivity contribution in [3.8, 4) is 0 Å². The van der Waals surface area contributed by atoms with E-state index < -0.39 is 12.0 Å². The van der Waals surface area contributed by atoms with E-state index in [4.69, 9.17) is 10.2 Å². The molecule has 1 aromatic rings. The highest BCUT2D eigenvalue weighted by atomic mass is 32.2. The summed E-state index contributed by atoms with van der Waals surface area (Å²) in [7, 11) is 0. The molecule has 0 radical (unpaired) electrons. The van der Waals surface area contributed by atoms with Crippen LogP contribution < -0.4 is 5.32 Å². The molecule has 3 N–H and O–H groups in total. The molecule has 1 aliphatic rings. The van der Waals surface area contributed by atoms with Gasteiger partial charge in [-0.25, -0.2) is 4.79 Å². The molecule has 7 heteroatoms. The second-order valence-corrected chi connectivity index (χ2v) is 6.48. The Labute approximate surface area is 119 Å². The molecule has 0 spiro atoms. The number of aliphatic carboxylic acids is 1. The third kappa shape index (κ3) is 3.49. The average molecular weight is 301 g/mol. The zero-order chi connectivity index (χ0) is 13.8. The van der Waals surface area contributed by atoms with Crippen molar-refractivity contribution in [3.05, 3.63) is 21.4 Å². The predicted octanol–water partition coefficient (Wildman–Crippen LogP) is 1.10. The smallest absolute Gasteiger partial charge is 0.326 e. The number of carbonyl (C=O) groups is 2. The summed E-state index contributed by atoms with van der Waals surface area (Å²) in [5.74, 6) is 0.485. The molecule has 2 rings (SSSR count). The predicted molar refractivity (Wildman–Crippen MR) is 74.8 cm³/mol. The number of carboxylic acid groups (broad SMARTS) is 1. The van der Waals surface area contributed by atoms with E-state index in [1.54, 1.807) is 0 Å². The van der Waals surface area contributed by atoms with Gasteiger partial charge in [0.25, 0.3) is 5.91 Å². The van der Waals surface area contributed by atoms with E-state index in [1.807, 2.05) is 17.8 Å². The quantitative estimate of drug-likeness (QED) is 0.758. The molecular weight excluding hydrogens is 286 g/mol. The SMILES string of the molecule is O=C(NC(CCO)C(=O)O)c1cc2c(s1)CCSC2. The molecule has 0 bridgehead atoms. The van der Waals surface area contributed by atoms with Crippen LogP contribution in [0, 0.1) is 0 Å². The second kappa shape index (κ2) is 6.40. The van der Waals surface area contributed by atoms with Crippen molar-refractivity contribution in [2.75, 3.05) is 12.4 Å². The number of carboxylic acids is 1. The summed E-state index contributed by atoms with van der Waals surface area (Å²) >= 11 is 3.27. The Balaban J connectivity index is 2.06. The lowest BCUT2D eigenvalue weighted by Gasteiger charge is -2.12. The van der Waals surface area contributed by atoms with Gasteiger partial charge in [0.05, 0.1) is 4.88 Å². The highest BCUT2D eigenvalue weighted by Crippen LogP contribution is 2.31. The van der Waals surface area contributed by atoms with E-state index in [1.165, 1.54) is 21.8 Å². The number of hydrogen-bond acceptors (Lipinski definition) is 5. The topological polar surface area (TPSA) is 86.6 Å². The number of fused-ring (bicyclic) bond motifs is 1. The number of rotatable bonds is 5. The summed E-state index contributed by atoms with van der Waals surface area (Å²) in [5.41, 5.74) is 1.18. The van der Waals surface area contributed by atoms with Gasteiger partial charge in [-0.1, -0.05) is 0 Å². The molecule has 104 valence electrons. The lowest BCUT2D eigenvalue weighted by atomic mass is 10.2. The van der Waals surface area contributed by atoms with Gasteiger partial charge in [0.2, 0.25) is 0 Å². The highest BCUT2D eigenvalue weighted by Gasteiger charge is 2.22. The number of hydrogen-bond donors (Lipinski definition) is 3. The van der Waals surface area contributed by atoms with Crippen LogP contribution in [-0.4, -0.2) is 40.5 Å². The molecule has 1 aliphatic heterocycles. The van der Waals surface area contributed by atoms with E-state index in [0.717, 1.165) is 17.9 Å². The minimum atomic E-state index is -1.13. The van der Waals surface area contributed by atoms with Gasteiger partial charge >= 0.3 is 5.97 Å². The van der Waals surface area contributed by atoms with Crippen LogP contribution in [0.15, 0.2) is 6.07 Å². The Bertz CT molecular complexity index is 463. The van der Waals surface area contributed by atoms with Crippen molar-refractivity contribution in [2.45, 2.75) is 24.6 Å². The van der Waals surface area contributed by atoms with Crippen LogP contribution in [0.3, 0.4) is 0 Å². The van der Waals surface area contributed by atoms with Gasteiger partial charge in [-0.15, -0.1) is 11.3 Å². The van der Waals surface area contributed by atoms with Crippen LogP contribution in [0.2, 0.25) is 0 Å². The normalized spacial score (nSPS) is 15.6. The van der Waals surface area contributed by atoms with Crippen molar-refractivity contribution < 1.29 is 19.8 Å². The van der Waals surface area contributed by atoms with E-state index in [-0.39, 0.29) is 18.9 Å². The number of aliphatic hydroxyl groups excluding tert-OH is 1. The Morgan fingerprint density at radius 3 is 2.89 bits per heavy atom. The molecule has 0 saturated carbocycles. The molecule has 0 saturated heterocycles. The molecule has 1 atom stereocenters. The number of nitrogens with one attached hydrogen (secondary N) is 1. The maximum atomic E-state index is 12.0. The first kappa shape index (κ1) is 14.4. The van der Waals surface area contributed by atoms with Crippen molar-refractivity contribution >= 4 is 35.0 Å². The second-order valence-electron chi connectivity index (χ2n) is 4.24. The monoisotopic (exact) mass is 301 g/mol. The minimum Gasteiger partial charge on any atom is -0.480 e. The van der Waals surface area contributed by atoms with Gasteiger partial charge in [0.1, 0.15) is 6.04 Å². The third-order valence-corrected chi connectivity index (χ3v) is 5.12. The number of aryl methyl sites for hydroxylation is 1. The van der Waals surface area contributed by atoms with Gasteiger partial charge in [-0.2, -0.15) is 11.8 Å². The van der Waals surface area contributed by atoms with Crippen LogP contribution in [0.4, 0.5) is 0 Å². The summed E-state index contributed by atoms with van der Waals surface area (Å²) < 4.78 is 0. The maximum Gasteiger partial charge on any atom is 0.326 e. The summed E-state index contributed by atoms with van der Waals surface area (Å²) in [4.78, 5) is 24.7. The lowest BCUT2D eigenvalue weighted by Crippen LogP contribution is -2.41. The van der Waals surface area contributed by atoms with Crippen molar-refractivity contribution in [1.82, 2.24) is 5.32 Å². The molecular formula is C12H15NO4S2. The van der Waals surface area contributed by atoms with Gasteiger partial charge in [0.15, 0.2) is 0 Å². The molecule has 1 unspecified atom stereocenters. The summed E-state index contributed by atoms with van der Waals surface area (Å²) in [6.07, 6.45) is 0.985. The van der Waals surface area contributed by atoms with Gasteiger partial charge < -0.3 is 15.5 Å². The number of amides is 1. The van der Waals surface area contributed by atoms with Crippen LogP contribution in [0.5, 0.6) is 0 Å². The zero-order valence-electron chi connectivity index (χ0n) is 10.2. The van der Waals surface area contributed by atoms with Crippen LogP contribution in [0.25, 0.3) is 0 Å². The average Bonchev–Trinajstić information content (AvgIpc) is 2.81. The summed E-state index contributed by atoms with van der Waals surface area (Å²) in [6.45, 7) is -0.269. The van der Waals surface area contributed by atoms with Crippen LogP contribution in [0.1, 0.15) is 26.5 Å². The third-order valence-electron chi connectivity index (χ3n) is 2.87. The van der Waals surface area contributed by atoms with Crippen molar-refractivity contribution in [3.63, 3.8) is 0 Å². The molecule has 19 heavy (non-hydrogen) atoms. The van der Waals surface area contributed by atoms with Crippen LogP contribution >= 0.6 is 23.1 Å². The van der Waals surface area contributed by atoms with Gasteiger partial charge in [-0.3, -0.25) is 4.79 Å². The van der Waals surface area contributed by atoms with E-state index in [9.17, 15) is 9.59 Å². The Kier molecular flexibility index (Phi) is 4.84. The number of carbonyl (C=O) groups excluding carboxylic acids is 1. The fraction of sp³-hybridized carbons (Fsp3) is 0.500. The molecule has 0 aliphatic carbocycles. The van der Waals surface area contributed by atoms with Crippen LogP contribution in [-0.2, 0) is 17.0 Å². The molecule has 1 aromatic heterocycles. The molecule has 0 aromatic carbocycles.